The van der Waals surface area contributed by atoms with Crippen molar-refractivity contribution < 1.29 is 14.4 Å². The molecule has 1 aromatic carbocycles. The molecule has 4 heteroatoms. The number of allylic oxidation sites excluding steroid dienone is 2. The minimum Gasteiger partial charge on any atom is -0.295 e. The molecule has 0 amide bonds. The Kier molecular flexibility index (Phi) is 4.57. The van der Waals surface area contributed by atoms with E-state index in [1.807, 2.05) is 31.5 Å². The first-order chi connectivity index (χ1) is 8.81. The molecule has 0 saturated carbocycles. The van der Waals surface area contributed by atoms with Crippen molar-refractivity contribution in [3.63, 3.8) is 0 Å². The van der Waals surface area contributed by atoms with Crippen LogP contribution in [0.25, 0.3) is 5.57 Å². The fourth-order valence-electron chi connectivity index (χ4n) is 1.71. The lowest BCUT2D eigenvalue weighted by Crippen LogP contribution is -2.25. The van der Waals surface area contributed by atoms with Crippen molar-refractivity contribution in [3.8, 4) is 0 Å². The van der Waals surface area contributed by atoms with Gasteiger partial charge in [0, 0.05) is 10.8 Å². The van der Waals surface area contributed by atoms with Crippen LogP contribution in [-0.2, 0) is 9.59 Å². The highest BCUT2D eigenvalue weighted by atomic mass is 28.3. The summed E-state index contributed by atoms with van der Waals surface area (Å²) in [5, 5.41) is 0.415. The average Bonchev–Trinajstić information content (AvgIpc) is 2.34. The maximum absolute atomic E-state index is 11.2. The highest BCUT2D eigenvalue weighted by molar-refractivity contribution is 6.87. The van der Waals surface area contributed by atoms with Gasteiger partial charge in [0.25, 0.3) is 0 Å². The van der Waals surface area contributed by atoms with Gasteiger partial charge in [-0.3, -0.25) is 4.79 Å². The Hall–Kier alpha value is -1.99. The Balaban J connectivity index is 3.30. The summed E-state index contributed by atoms with van der Waals surface area (Å²) in [6.45, 7) is 7.38. The van der Waals surface area contributed by atoms with Gasteiger partial charge in [0.05, 0.1) is 13.6 Å². The van der Waals surface area contributed by atoms with E-state index in [1.165, 1.54) is 6.92 Å². The number of carbonyl (C=O) groups is 1. The molecule has 1 aromatic rings. The molecule has 0 atom stereocenters. The highest BCUT2D eigenvalue weighted by Crippen LogP contribution is 2.26. The molecule has 1 rings (SSSR count). The van der Waals surface area contributed by atoms with E-state index < -0.39 is 8.07 Å². The number of hydrogen-bond donors (Lipinski definition) is 0. The van der Waals surface area contributed by atoms with E-state index in [9.17, 15) is 14.4 Å². The van der Waals surface area contributed by atoms with Crippen LogP contribution in [0.4, 0.5) is 0 Å². The Morgan fingerprint density at radius 1 is 0.947 bits per heavy atom. The van der Waals surface area contributed by atoms with E-state index in [0.717, 1.165) is 0 Å². The third kappa shape index (κ3) is 3.49. The minimum atomic E-state index is -1.96. The Bertz CT molecular complexity index is 593. The molecule has 0 aromatic heterocycles. The number of carbonyl (C=O) groups excluding carboxylic acids is 3. The van der Waals surface area contributed by atoms with E-state index in [-0.39, 0.29) is 11.4 Å². The molecule has 0 unspecified atom stereocenters. The molecular weight excluding hydrogens is 256 g/mol. The lowest BCUT2D eigenvalue weighted by molar-refractivity contribution is 0.101. The van der Waals surface area contributed by atoms with Crippen molar-refractivity contribution in [2.45, 2.75) is 26.6 Å². The van der Waals surface area contributed by atoms with Gasteiger partial charge in [-0.05, 0) is 12.5 Å². The van der Waals surface area contributed by atoms with E-state index in [4.69, 9.17) is 0 Å². The molecule has 0 fully saturated rings. The molecule has 3 nitrogen and oxygen atoms in total. The Morgan fingerprint density at radius 2 is 1.42 bits per heavy atom. The van der Waals surface area contributed by atoms with Crippen molar-refractivity contribution in [3.05, 3.63) is 40.6 Å². The largest absolute Gasteiger partial charge is 0.295 e. The molecular formula is C15H16O3Si. The smallest absolute Gasteiger partial charge is 0.159 e. The number of ketones is 1. The SMILES string of the molecule is CC(=O)c1ccc(C(=C=O)C(=C=O)[Si](C)(C)C)cc1. The second kappa shape index (κ2) is 5.76. The van der Waals surface area contributed by atoms with Gasteiger partial charge >= 0.3 is 0 Å². The first-order valence-electron chi connectivity index (χ1n) is 5.93. The predicted molar refractivity (Wildman–Crippen MR) is 78.1 cm³/mol. The molecule has 0 aliphatic carbocycles. The van der Waals surface area contributed by atoms with Crippen molar-refractivity contribution in [1.29, 1.82) is 0 Å². The topological polar surface area (TPSA) is 51.2 Å². The highest BCUT2D eigenvalue weighted by Gasteiger charge is 2.26. The van der Waals surface area contributed by atoms with Crippen molar-refractivity contribution in [2.75, 3.05) is 0 Å². The molecule has 98 valence electrons. The van der Waals surface area contributed by atoms with E-state index in [0.29, 0.717) is 16.3 Å². The molecule has 0 bridgehead atoms. The van der Waals surface area contributed by atoms with Crippen molar-refractivity contribution in [1.82, 2.24) is 0 Å². The summed E-state index contributed by atoms with van der Waals surface area (Å²) in [5.74, 6) is 3.69. The number of hydrogen-bond acceptors (Lipinski definition) is 3. The average molecular weight is 272 g/mol. The van der Waals surface area contributed by atoms with Crippen LogP contribution in [0.15, 0.2) is 29.5 Å². The van der Waals surface area contributed by atoms with Gasteiger partial charge in [0.15, 0.2) is 5.78 Å². The fourth-order valence-corrected chi connectivity index (χ4v) is 2.96. The third-order valence-electron chi connectivity index (χ3n) is 2.78. The second-order valence-corrected chi connectivity index (χ2v) is 10.3. The Morgan fingerprint density at radius 3 is 1.74 bits per heavy atom. The summed E-state index contributed by atoms with van der Waals surface area (Å²) in [6.07, 6.45) is 0. The van der Waals surface area contributed by atoms with E-state index in [1.54, 1.807) is 24.3 Å². The van der Waals surface area contributed by atoms with Crippen LogP contribution >= 0.6 is 0 Å². The number of Topliss-reactive ketones (excluding diaryl/α,β-unsaturated/α-hetero) is 1. The number of rotatable bonds is 4. The summed E-state index contributed by atoms with van der Waals surface area (Å²) in [7, 11) is -1.96. The summed E-state index contributed by atoms with van der Waals surface area (Å²) in [5.41, 5.74) is 1.42. The van der Waals surface area contributed by atoms with Crippen LogP contribution in [0.2, 0.25) is 19.6 Å². The summed E-state index contributed by atoms with van der Waals surface area (Å²) in [6, 6.07) is 6.60. The standard InChI is InChI=1S/C15H16O3Si/c1-11(18)12-5-7-13(8-6-12)14(9-16)15(10-17)19(2,3)4/h5-8H,1-4H3. The lowest BCUT2D eigenvalue weighted by atomic mass is 10.0. The first-order valence-corrected chi connectivity index (χ1v) is 9.43. The molecule has 0 aliphatic heterocycles. The maximum Gasteiger partial charge on any atom is 0.159 e. The van der Waals surface area contributed by atoms with Gasteiger partial charge in [0.2, 0.25) is 0 Å². The van der Waals surface area contributed by atoms with Gasteiger partial charge in [-0.2, -0.15) is 0 Å². The molecule has 0 spiro atoms. The minimum absolute atomic E-state index is 0.0421. The zero-order chi connectivity index (χ0) is 14.6. The van der Waals surface area contributed by atoms with Crippen LogP contribution in [0.5, 0.6) is 0 Å². The van der Waals surface area contributed by atoms with Crippen LogP contribution in [-0.4, -0.2) is 25.7 Å². The quantitative estimate of drug-likeness (QED) is 0.366. The van der Waals surface area contributed by atoms with Crippen LogP contribution < -0.4 is 0 Å². The van der Waals surface area contributed by atoms with Gasteiger partial charge in [-0.25, -0.2) is 9.59 Å². The third-order valence-corrected chi connectivity index (χ3v) is 4.64. The van der Waals surface area contributed by atoms with Crippen LogP contribution in [0.1, 0.15) is 22.8 Å². The number of benzene rings is 1. The summed E-state index contributed by atoms with van der Waals surface area (Å²) < 4.78 is 0. The summed E-state index contributed by atoms with van der Waals surface area (Å²) >= 11 is 0. The molecule has 0 saturated heterocycles. The maximum atomic E-state index is 11.2. The molecule has 0 N–H and O–H groups in total. The second-order valence-electron chi connectivity index (χ2n) is 5.34. The normalized spacial score (nSPS) is 10.3. The lowest BCUT2D eigenvalue weighted by Gasteiger charge is -2.17. The van der Waals surface area contributed by atoms with Gasteiger partial charge in [-0.1, -0.05) is 43.9 Å². The van der Waals surface area contributed by atoms with Crippen molar-refractivity contribution >= 4 is 31.3 Å². The monoisotopic (exact) mass is 272 g/mol. The van der Waals surface area contributed by atoms with Gasteiger partial charge < -0.3 is 0 Å². The van der Waals surface area contributed by atoms with Gasteiger partial charge in [-0.15, -0.1) is 0 Å². The zero-order valence-electron chi connectivity index (χ0n) is 11.5. The van der Waals surface area contributed by atoms with Gasteiger partial charge in [0.1, 0.15) is 11.9 Å². The van der Waals surface area contributed by atoms with Crippen molar-refractivity contribution in [2.24, 2.45) is 0 Å². The molecule has 0 radical (unpaired) electrons. The van der Waals surface area contributed by atoms with Crippen LogP contribution in [0.3, 0.4) is 0 Å². The fraction of sp³-hybridized carbons (Fsp3) is 0.267. The molecule has 0 heterocycles. The predicted octanol–water partition coefficient (Wildman–Crippen LogP) is 2.74. The van der Waals surface area contributed by atoms with E-state index in [2.05, 4.69) is 0 Å². The zero-order valence-corrected chi connectivity index (χ0v) is 12.5. The molecule has 0 aliphatic rings. The first kappa shape index (κ1) is 15.1. The van der Waals surface area contributed by atoms with E-state index >= 15 is 0 Å². The molecule has 19 heavy (non-hydrogen) atoms. The summed E-state index contributed by atoms with van der Waals surface area (Å²) in [4.78, 5) is 33.5. The van der Waals surface area contributed by atoms with Crippen LogP contribution in [0, 0.1) is 0 Å². The Labute approximate surface area is 113 Å².